The van der Waals surface area contributed by atoms with E-state index in [0.717, 1.165) is 23.0 Å². The van der Waals surface area contributed by atoms with Gasteiger partial charge in [-0.05, 0) is 80.0 Å². The van der Waals surface area contributed by atoms with Crippen LogP contribution in [0.15, 0.2) is 85.1 Å². The van der Waals surface area contributed by atoms with E-state index in [9.17, 15) is 0 Å². The third-order valence-electron chi connectivity index (χ3n) is 6.49. The Bertz CT molecular complexity index is 1280. The second kappa shape index (κ2) is 8.83. The number of benzene rings is 2. The monoisotopic (exact) mass is 452 g/mol. The molecular formula is C28H28N4S. The van der Waals surface area contributed by atoms with E-state index in [0.29, 0.717) is 0 Å². The van der Waals surface area contributed by atoms with Crippen LogP contribution in [-0.2, 0) is 6.54 Å². The molecule has 2 atom stereocenters. The number of hydrogen-bond acceptors (Lipinski definition) is 2. The Hall–Kier alpha value is -3.44. The number of aryl methyl sites for hydroxylation is 2. The first-order chi connectivity index (χ1) is 16.0. The van der Waals surface area contributed by atoms with Crippen molar-refractivity contribution in [1.82, 2.24) is 14.9 Å². The maximum absolute atomic E-state index is 5.89. The highest BCUT2D eigenvalue weighted by atomic mass is 32.1. The standard InChI is InChI=1S/C28H28N4S/c1-19-10-9-13-23(16-19)32-27(26(30-28(32)33)25-14-7-8-15-29-25)24-17-20(2)31(21(24)3)18-22-11-5-4-6-12-22/h4-17,26-27H,18H2,1-3H3,(H,30,33)/t26-,27+/m1/s1. The van der Waals surface area contributed by atoms with Gasteiger partial charge in [-0.2, -0.15) is 0 Å². The van der Waals surface area contributed by atoms with Gasteiger partial charge in [0, 0.05) is 29.8 Å². The van der Waals surface area contributed by atoms with Crippen molar-refractivity contribution in [2.24, 2.45) is 0 Å². The lowest BCUT2D eigenvalue weighted by Gasteiger charge is -2.28. The fourth-order valence-electron chi connectivity index (χ4n) is 4.86. The molecular weight excluding hydrogens is 424 g/mol. The topological polar surface area (TPSA) is 33.1 Å². The smallest absolute Gasteiger partial charge is 0.174 e. The van der Waals surface area contributed by atoms with E-state index in [1.54, 1.807) is 0 Å². The predicted octanol–water partition coefficient (Wildman–Crippen LogP) is 6.03. The minimum absolute atomic E-state index is 0.00456. The zero-order valence-electron chi connectivity index (χ0n) is 19.2. The quantitative estimate of drug-likeness (QED) is 0.375. The number of aromatic nitrogens is 2. The molecule has 5 rings (SSSR count). The van der Waals surface area contributed by atoms with E-state index in [4.69, 9.17) is 12.2 Å². The number of rotatable bonds is 5. The van der Waals surface area contributed by atoms with E-state index in [2.05, 4.69) is 107 Å². The van der Waals surface area contributed by atoms with E-state index in [1.165, 1.54) is 28.1 Å². The first kappa shape index (κ1) is 21.4. The normalized spacial score (nSPS) is 17.9. The lowest BCUT2D eigenvalue weighted by molar-refractivity contribution is 0.563. The molecule has 2 aromatic heterocycles. The van der Waals surface area contributed by atoms with Gasteiger partial charge in [0.1, 0.15) is 0 Å². The molecule has 0 spiro atoms. The number of thiocarbonyl (C=S) groups is 1. The summed E-state index contributed by atoms with van der Waals surface area (Å²) in [6, 6.07) is 27.5. The first-order valence-electron chi connectivity index (χ1n) is 11.3. The second-order valence-electron chi connectivity index (χ2n) is 8.73. The SMILES string of the molecule is Cc1cccc(N2C(=S)N[C@H](c3ccccn3)[C@@H]2c2cc(C)n(Cc3ccccc3)c2C)c1. The zero-order chi connectivity index (χ0) is 22.9. The van der Waals surface area contributed by atoms with Gasteiger partial charge in [0.15, 0.2) is 5.11 Å². The average Bonchev–Trinajstić information content (AvgIpc) is 3.31. The maximum Gasteiger partial charge on any atom is 0.174 e. The molecule has 0 unspecified atom stereocenters. The van der Waals surface area contributed by atoms with Crippen LogP contribution in [0, 0.1) is 20.8 Å². The van der Waals surface area contributed by atoms with Gasteiger partial charge < -0.3 is 14.8 Å². The summed E-state index contributed by atoms with van der Waals surface area (Å²) in [4.78, 5) is 6.95. The van der Waals surface area contributed by atoms with Crippen molar-refractivity contribution < 1.29 is 0 Å². The Balaban J connectivity index is 1.63. The van der Waals surface area contributed by atoms with E-state index >= 15 is 0 Å². The van der Waals surface area contributed by atoms with Crippen LogP contribution in [0.2, 0.25) is 0 Å². The van der Waals surface area contributed by atoms with Crippen molar-refractivity contribution in [2.45, 2.75) is 39.4 Å². The van der Waals surface area contributed by atoms with Crippen LogP contribution in [0.1, 0.15) is 45.9 Å². The summed E-state index contributed by atoms with van der Waals surface area (Å²) in [6.07, 6.45) is 1.85. The van der Waals surface area contributed by atoms with Gasteiger partial charge >= 0.3 is 0 Å². The van der Waals surface area contributed by atoms with E-state index in [-0.39, 0.29) is 12.1 Å². The molecule has 1 aliphatic heterocycles. The molecule has 1 N–H and O–H groups in total. The van der Waals surface area contributed by atoms with Crippen LogP contribution in [0.4, 0.5) is 5.69 Å². The summed E-state index contributed by atoms with van der Waals surface area (Å²) in [5, 5.41) is 4.31. The van der Waals surface area contributed by atoms with Crippen molar-refractivity contribution in [3.8, 4) is 0 Å². The summed E-state index contributed by atoms with van der Waals surface area (Å²) in [5.74, 6) is 0. The lowest BCUT2D eigenvalue weighted by atomic mass is 9.96. The van der Waals surface area contributed by atoms with Gasteiger partial charge in [-0.25, -0.2) is 0 Å². The molecule has 0 radical (unpaired) electrons. The minimum atomic E-state index is -0.0371. The lowest BCUT2D eigenvalue weighted by Crippen LogP contribution is -2.29. The van der Waals surface area contributed by atoms with Crippen LogP contribution in [0.5, 0.6) is 0 Å². The molecule has 1 fully saturated rings. The minimum Gasteiger partial charge on any atom is -0.351 e. The summed E-state index contributed by atoms with van der Waals surface area (Å²) >= 11 is 5.89. The molecule has 0 saturated carbocycles. The number of nitrogens with one attached hydrogen (secondary N) is 1. The third kappa shape index (κ3) is 4.05. The van der Waals surface area contributed by atoms with Crippen molar-refractivity contribution in [2.75, 3.05) is 4.90 Å². The first-order valence-corrected chi connectivity index (χ1v) is 11.7. The number of anilines is 1. The average molecular weight is 453 g/mol. The fraction of sp³-hybridized carbons (Fsp3) is 0.214. The molecule has 0 bridgehead atoms. The summed E-state index contributed by atoms with van der Waals surface area (Å²) in [6.45, 7) is 7.37. The maximum atomic E-state index is 5.89. The molecule has 3 heterocycles. The molecule has 0 amide bonds. The Labute approximate surface area is 200 Å². The Morgan fingerprint density at radius 2 is 1.70 bits per heavy atom. The second-order valence-corrected chi connectivity index (χ2v) is 9.12. The van der Waals surface area contributed by atoms with Gasteiger partial charge in [0.25, 0.3) is 0 Å². The van der Waals surface area contributed by atoms with Crippen molar-refractivity contribution in [1.29, 1.82) is 0 Å². The molecule has 166 valence electrons. The van der Waals surface area contributed by atoms with Crippen LogP contribution in [-0.4, -0.2) is 14.7 Å². The van der Waals surface area contributed by atoms with Crippen LogP contribution in [0.3, 0.4) is 0 Å². The molecule has 5 heteroatoms. The van der Waals surface area contributed by atoms with Crippen LogP contribution in [0.25, 0.3) is 0 Å². The molecule has 4 nitrogen and oxygen atoms in total. The fourth-order valence-corrected chi connectivity index (χ4v) is 5.21. The van der Waals surface area contributed by atoms with E-state index in [1.807, 2.05) is 18.3 Å². The molecule has 2 aromatic carbocycles. The van der Waals surface area contributed by atoms with Gasteiger partial charge in [-0.3, -0.25) is 4.98 Å². The van der Waals surface area contributed by atoms with E-state index < -0.39 is 0 Å². The zero-order valence-corrected chi connectivity index (χ0v) is 20.0. The Morgan fingerprint density at radius 1 is 0.909 bits per heavy atom. The molecule has 0 aliphatic carbocycles. The van der Waals surface area contributed by atoms with Crippen LogP contribution >= 0.6 is 12.2 Å². The van der Waals surface area contributed by atoms with Gasteiger partial charge in [-0.15, -0.1) is 0 Å². The molecule has 4 aromatic rings. The van der Waals surface area contributed by atoms with Gasteiger partial charge in [-0.1, -0.05) is 48.5 Å². The highest BCUT2D eigenvalue weighted by Gasteiger charge is 2.42. The van der Waals surface area contributed by atoms with Crippen molar-refractivity contribution >= 4 is 23.0 Å². The van der Waals surface area contributed by atoms with Crippen molar-refractivity contribution in [3.63, 3.8) is 0 Å². The van der Waals surface area contributed by atoms with Gasteiger partial charge in [0.05, 0.1) is 17.8 Å². The van der Waals surface area contributed by atoms with Gasteiger partial charge in [0.2, 0.25) is 0 Å². The predicted molar refractivity (Wildman–Crippen MR) is 139 cm³/mol. The number of pyridine rings is 1. The highest BCUT2D eigenvalue weighted by Crippen LogP contribution is 2.43. The number of hydrogen-bond donors (Lipinski definition) is 1. The van der Waals surface area contributed by atoms with Crippen molar-refractivity contribution in [3.05, 3.63) is 119 Å². The summed E-state index contributed by atoms with van der Waals surface area (Å²) in [7, 11) is 0. The highest BCUT2D eigenvalue weighted by molar-refractivity contribution is 7.80. The Kier molecular flexibility index (Phi) is 5.73. The third-order valence-corrected chi connectivity index (χ3v) is 6.81. The largest absolute Gasteiger partial charge is 0.351 e. The summed E-state index contributed by atoms with van der Waals surface area (Å²) < 4.78 is 2.40. The Morgan fingerprint density at radius 3 is 2.42 bits per heavy atom. The molecule has 1 aliphatic rings. The molecule has 1 saturated heterocycles. The van der Waals surface area contributed by atoms with Crippen LogP contribution < -0.4 is 10.2 Å². The molecule has 33 heavy (non-hydrogen) atoms. The number of nitrogens with zero attached hydrogens (tertiary/aromatic N) is 3. The summed E-state index contributed by atoms with van der Waals surface area (Å²) in [5.41, 5.74) is 8.37.